The quantitative estimate of drug-likeness (QED) is 0.166. The van der Waals surface area contributed by atoms with Gasteiger partial charge in [-0.15, -0.1) is 4.89 Å². The highest BCUT2D eigenvalue weighted by molar-refractivity contribution is 7.32. The number of carbonyl (C=O) groups excluding carboxylic acids is 1. The van der Waals surface area contributed by atoms with Crippen molar-refractivity contribution in [3.63, 3.8) is 0 Å². The molecule has 6 nitrogen and oxygen atoms in total. The van der Waals surface area contributed by atoms with Crippen LogP contribution in [0.2, 0.25) is 0 Å². The molecule has 0 aliphatic heterocycles. The molecule has 0 aliphatic carbocycles. The second-order valence-electron chi connectivity index (χ2n) is 7.04. The van der Waals surface area contributed by atoms with Crippen LogP contribution in [0.25, 0.3) is 0 Å². The summed E-state index contributed by atoms with van der Waals surface area (Å²) in [4.78, 5) is 20.2. The average Bonchev–Trinajstić information content (AvgIpc) is 2.58. The van der Waals surface area contributed by atoms with Gasteiger partial charge in [-0.1, -0.05) is 88.5 Å². The molecule has 3 N–H and O–H groups in total. The van der Waals surface area contributed by atoms with Crippen LogP contribution in [0.5, 0.6) is 0 Å². The van der Waals surface area contributed by atoms with Crippen molar-refractivity contribution in [2.24, 2.45) is 0 Å². The lowest BCUT2D eigenvalue weighted by Gasteiger charge is -2.11. The zero-order valence-electron chi connectivity index (χ0n) is 16.3. The standard InChI is InChI=1S/C19H37O6P/c1-2-3-4-5-6-7-8-9-10-11-12-13-14-15-17(20)16-18(21)19(22)25-26(23)24/h18-19,21-22H,2-16H2,1H3/p+1. The van der Waals surface area contributed by atoms with Gasteiger partial charge in [-0.3, -0.25) is 4.79 Å². The second kappa shape index (κ2) is 18.0. The Labute approximate surface area is 159 Å². The lowest BCUT2D eigenvalue weighted by Crippen LogP contribution is -2.29. The number of aliphatic hydroxyl groups is 2. The summed E-state index contributed by atoms with van der Waals surface area (Å²) >= 11 is 0. The van der Waals surface area contributed by atoms with Crippen LogP contribution < -0.4 is 0 Å². The number of rotatable bonds is 19. The number of hydrogen-bond acceptors (Lipinski definition) is 5. The van der Waals surface area contributed by atoms with Crippen molar-refractivity contribution in [2.75, 3.05) is 0 Å². The van der Waals surface area contributed by atoms with Crippen molar-refractivity contribution in [2.45, 2.75) is 116 Å². The monoisotopic (exact) mass is 393 g/mol. The summed E-state index contributed by atoms with van der Waals surface area (Å²) in [5, 5.41) is 18.8. The highest BCUT2D eigenvalue weighted by atomic mass is 31.1. The number of carbonyl (C=O) groups is 1. The zero-order chi connectivity index (χ0) is 19.6. The van der Waals surface area contributed by atoms with Gasteiger partial charge in [-0.05, 0) is 6.42 Å². The van der Waals surface area contributed by atoms with Crippen molar-refractivity contribution >= 4 is 14.0 Å². The summed E-state index contributed by atoms with van der Waals surface area (Å²) < 4.78 is 14.5. The first-order valence-electron chi connectivity index (χ1n) is 10.2. The molecule has 3 unspecified atom stereocenters. The summed E-state index contributed by atoms with van der Waals surface area (Å²) in [6.45, 7) is 2.24. The molecule has 0 spiro atoms. The van der Waals surface area contributed by atoms with Crippen molar-refractivity contribution in [1.29, 1.82) is 0 Å². The van der Waals surface area contributed by atoms with Gasteiger partial charge >= 0.3 is 8.25 Å². The normalized spacial score (nSPS) is 14.2. The van der Waals surface area contributed by atoms with E-state index < -0.39 is 20.6 Å². The Bertz CT molecular complexity index is 364. The number of hydrogen-bond donors (Lipinski definition) is 3. The average molecular weight is 393 g/mol. The van der Waals surface area contributed by atoms with Gasteiger partial charge in [0, 0.05) is 17.4 Å². The molecule has 0 aromatic carbocycles. The second-order valence-corrected chi connectivity index (χ2v) is 7.72. The predicted octanol–water partition coefficient (Wildman–Crippen LogP) is 4.77. The van der Waals surface area contributed by atoms with Gasteiger partial charge in [0.25, 0.3) is 0 Å². The highest BCUT2D eigenvalue weighted by Crippen LogP contribution is 2.20. The van der Waals surface area contributed by atoms with E-state index in [-0.39, 0.29) is 12.2 Å². The van der Waals surface area contributed by atoms with E-state index in [0.29, 0.717) is 6.42 Å². The van der Waals surface area contributed by atoms with Crippen LogP contribution >= 0.6 is 8.25 Å². The molecular weight excluding hydrogens is 355 g/mol. The molecule has 0 saturated carbocycles. The van der Waals surface area contributed by atoms with E-state index in [1.165, 1.54) is 64.2 Å². The smallest absolute Gasteiger partial charge is 0.387 e. The molecule has 0 radical (unpaired) electrons. The van der Waals surface area contributed by atoms with Crippen molar-refractivity contribution in [1.82, 2.24) is 0 Å². The molecule has 0 heterocycles. The van der Waals surface area contributed by atoms with Crippen LogP contribution in [0.3, 0.4) is 0 Å². The highest BCUT2D eigenvalue weighted by Gasteiger charge is 2.28. The summed E-state index contributed by atoms with van der Waals surface area (Å²) in [5.41, 5.74) is 0. The van der Waals surface area contributed by atoms with E-state index in [1.807, 2.05) is 0 Å². The molecule has 0 fully saturated rings. The largest absolute Gasteiger partial charge is 0.697 e. The van der Waals surface area contributed by atoms with Crippen LogP contribution in [0, 0.1) is 0 Å². The summed E-state index contributed by atoms with van der Waals surface area (Å²) in [5.74, 6) is -0.170. The topological polar surface area (TPSA) is 104 Å². The Kier molecular flexibility index (Phi) is 17.7. The lowest BCUT2D eigenvalue weighted by atomic mass is 10.0. The van der Waals surface area contributed by atoms with Gasteiger partial charge in [0.1, 0.15) is 11.9 Å². The number of Topliss-reactive ketones (excluding diaryl/α,β-unsaturated/α-hetero) is 1. The third-order valence-electron chi connectivity index (χ3n) is 4.52. The molecular formula is C19H38O6P+. The third kappa shape index (κ3) is 17.0. The molecule has 0 rings (SSSR count). The van der Waals surface area contributed by atoms with E-state index in [4.69, 9.17) is 4.89 Å². The van der Waals surface area contributed by atoms with Gasteiger partial charge in [0.2, 0.25) is 6.29 Å². The van der Waals surface area contributed by atoms with Crippen LogP contribution in [0.15, 0.2) is 0 Å². The van der Waals surface area contributed by atoms with Gasteiger partial charge in [-0.2, -0.15) is 0 Å². The molecule has 0 aromatic rings. The maximum absolute atomic E-state index is 11.7. The Hall–Kier alpha value is -0.390. The Morgan fingerprint density at radius 3 is 1.69 bits per heavy atom. The molecule has 26 heavy (non-hydrogen) atoms. The Balaban J connectivity index is 3.39. The van der Waals surface area contributed by atoms with E-state index in [9.17, 15) is 19.6 Å². The van der Waals surface area contributed by atoms with E-state index >= 15 is 0 Å². The SMILES string of the molecule is CCCCCCCCCCCCCCCC(=O)CC(O)C(O)O[P+](=O)O. The van der Waals surface area contributed by atoms with Crippen molar-refractivity contribution < 1.29 is 29.0 Å². The number of ketones is 1. The van der Waals surface area contributed by atoms with E-state index in [2.05, 4.69) is 11.4 Å². The fraction of sp³-hybridized carbons (Fsp3) is 0.947. The Morgan fingerprint density at radius 2 is 1.27 bits per heavy atom. The van der Waals surface area contributed by atoms with E-state index in [1.54, 1.807) is 0 Å². The van der Waals surface area contributed by atoms with Gasteiger partial charge < -0.3 is 10.2 Å². The minimum Gasteiger partial charge on any atom is -0.387 e. The fourth-order valence-corrected chi connectivity index (χ4v) is 3.26. The molecule has 154 valence electrons. The summed E-state index contributed by atoms with van der Waals surface area (Å²) in [6.07, 6.45) is 12.9. The molecule has 3 atom stereocenters. The first-order valence-corrected chi connectivity index (χ1v) is 11.3. The molecule has 0 aromatic heterocycles. The van der Waals surface area contributed by atoms with Crippen LogP contribution in [0.1, 0.15) is 103 Å². The molecule has 0 bridgehead atoms. The maximum Gasteiger partial charge on any atom is 0.697 e. The van der Waals surface area contributed by atoms with Crippen LogP contribution in [0.4, 0.5) is 0 Å². The summed E-state index contributed by atoms with van der Waals surface area (Å²) in [7, 11) is -3.00. The number of unbranched alkanes of at least 4 members (excludes halogenated alkanes) is 12. The molecule has 7 heteroatoms. The molecule has 0 aliphatic rings. The zero-order valence-corrected chi connectivity index (χ0v) is 17.2. The first-order chi connectivity index (χ1) is 12.5. The predicted molar refractivity (Wildman–Crippen MR) is 103 cm³/mol. The fourth-order valence-electron chi connectivity index (χ4n) is 2.94. The number of aliphatic hydroxyl groups excluding tert-OH is 2. The lowest BCUT2D eigenvalue weighted by molar-refractivity contribution is -0.133. The van der Waals surface area contributed by atoms with Gasteiger partial charge in [0.05, 0.1) is 0 Å². The van der Waals surface area contributed by atoms with E-state index in [0.717, 1.165) is 19.3 Å². The molecule has 0 saturated heterocycles. The minimum atomic E-state index is -3.00. The third-order valence-corrected chi connectivity index (χ3v) is 4.92. The minimum absolute atomic E-state index is 0.170. The van der Waals surface area contributed by atoms with Crippen LogP contribution in [-0.2, 0) is 13.9 Å². The first kappa shape index (κ1) is 25.6. The molecule has 0 amide bonds. The van der Waals surface area contributed by atoms with Crippen molar-refractivity contribution in [3.8, 4) is 0 Å². The van der Waals surface area contributed by atoms with Gasteiger partial charge in [0.15, 0.2) is 0 Å². The maximum atomic E-state index is 11.7. The van der Waals surface area contributed by atoms with Gasteiger partial charge in [-0.25, -0.2) is 0 Å². The van der Waals surface area contributed by atoms with Crippen molar-refractivity contribution in [3.05, 3.63) is 0 Å². The summed E-state index contributed by atoms with van der Waals surface area (Å²) in [6, 6.07) is 0. The Morgan fingerprint density at radius 1 is 0.846 bits per heavy atom. The van der Waals surface area contributed by atoms with Crippen LogP contribution in [-0.4, -0.2) is 33.3 Å².